The van der Waals surface area contributed by atoms with Crippen molar-refractivity contribution in [3.05, 3.63) is 156 Å². The van der Waals surface area contributed by atoms with Crippen molar-refractivity contribution < 1.29 is 38.4 Å². The molecular weight excluding hydrogens is 668 g/mol. The smallest absolute Gasteiger partial charge is 0.350 e. The predicted molar refractivity (Wildman–Crippen MR) is 206 cm³/mol. The number of hydrogen-bond donors (Lipinski definition) is 1. The van der Waals surface area contributed by atoms with Gasteiger partial charge in [-0.15, -0.1) is 0 Å². The van der Waals surface area contributed by atoms with Crippen molar-refractivity contribution in [3.63, 3.8) is 0 Å². The summed E-state index contributed by atoms with van der Waals surface area (Å²) >= 11 is 0. The second kappa shape index (κ2) is 20.3. The molecular formula is C45H50O8. The normalized spacial score (nSPS) is 12.8. The second-order valence-electron chi connectivity index (χ2n) is 12.4. The molecule has 0 bridgehead atoms. The molecule has 0 aromatic heterocycles. The molecule has 5 aromatic rings. The van der Waals surface area contributed by atoms with E-state index in [4.69, 9.17) is 23.7 Å². The van der Waals surface area contributed by atoms with Gasteiger partial charge in [0.1, 0.15) is 29.6 Å². The Balaban J connectivity index is 0.000000245. The molecule has 0 heterocycles. The molecule has 2 unspecified atom stereocenters. The topological polar surface area (TPSA) is 101 Å². The van der Waals surface area contributed by atoms with Gasteiger partial charge in [-0.3, -0.25) is 0 Å². The first-order valence-corrected chi connectivity index (χ1v) is 18.1. The zero-order valence-corrected chi connectivity index (χ0v) is 31.0. The van der Waals surface area contributed by atoms with Crippen LogP contribution in [-0.4, -0.2) is 41.5 Å². The van der Waals surface area contributed by atoms with E-state index >= 15 is 0 Å². The van der Waals surface area contributed by atoms with Gasteiger partial charge in [0.25, 0.3) is 0 Å². The molecule has 278 valence electrons. The summed E-state index contributed by atoms with van der Waals surface area (Å²) in [5, 5.41) is 9.42. The molecule has 0 fully saturated rings. The number of esters is 2. The van der Waals surface area contributed by atoms with E-state index in [1.807, 2.05) is 129 Å². The lowest BCUT2D eigenvalue weighted by Gasteiger charge is -2.31. The lowest BCUT2D eigenvalue weighted by atomic mass is 9.91. The first kappa shape index (κ1) is 40.0. The molecule has 0 saturated carbocycles. The van der Waals surface area contributed by atoms with Gasteiger partial charge in [-0.2, -0.15) is 0 Å². The number of para-hydroxylation sites is 2. The summed E-state index contributed by atoms with van der Waals surface area (Å²) in [6.45, 7) is 8.55. The third-order valence-electron chi connectivity index (χ3n) is 8.64. The number of rotatable bonds is 17. The molecule has 0 aliphatic heterocycles. The van der Waals surface area contributed by atoms with E-state index in [0.717, 1.165) is 22.4 Å². The molecule has 0 radical (unpaired) electrons. The zero-order chi connectivity index (χ0) is 37.9. The third-order valence-corrected chi connectivity index (χ3v) is 8.64. The molecule has 8 heteroatoms. The Morgan fingerprint density at radius 1 is 0.491 bits per heavy atom. The predicted octanol–water partition coefficient (Wildman–Crippen LogP) is 9.32. The van der Waals surface area contributed by atoms with Crippen LogP contribution in [0.4, 0.5) is 0 Å². The number of phenolic OH excluding ortho intramolecular Hbond substituents is 1. The number of aromatic hydroxyl groups is 1. The summed E-state index contributed by atoms with van der Waals surface area (Å²) in [5.74, 6) is 1.53. The van der Waals surface area contributed by atoms with Crippen molar-refractivity contribution in [1.29, 1.82) is 0 Å². The molecule has 2 atom stereocenters. The molecule has 0 spiro atoms. The monoisotopic (exact) mass is 718 g/mol. The molecule has 5 aromatic carbocycles. The van der Waals surface area contributed by atoms with Crippen molar-refractivity contribution in [2.24, 2.45) is 0 Å². The number of carbonyl (C=O) groups excluding carboxylic acids is 2. The van der Waals surface area contributed by atoms with Gasteiger partial charge < -0.3 is 28.8 Å². The van der Waals surface area contributed by atoms with Gasteiger partial charge in [-0.1, -0.05) is 105 Å². The van der Waals surface area contributed by atoms with E-state index in [1.54, 1.807) is 38.1 Å². The number of ether oxygens (including phenoxy) is 5. The molecule has 0 aliphatic carbocycles. The minimum Gasteiger partial charge on any atom is -0.508 e. The Bertz CT molecular complexity index is 1800. The minimum atomic E-state index is -1.09. The zero-order valence-electron chi connectivity index (χ0n) is 31.0. The number of phenols is 1. The highest BCUT2D eigenvalue weighted by Crippen LogP contribution is 2.29. The Hall–Kier alpha value is -5.76. The number of hydrogen-bond acceptors (Lipinski definition) is 8. The fourth-order valence-electron chi connectivity index (χ4n) is 5.65. The minimum absolute atomic E-state index is 0.191. The highest BCUT2D eigenvalue weighted by Gasteiger charge is 2.42. The van der Waals surface area contributed by atoms with Crippen LogP contribution in [0, 0.1) is 0 Å². The maximum absolute atomic E-state index is 12.9. The van der Waals surface area contributed by atoms with Crippen molar-refractivity contribution in [2.75, 3.05) is 13.2 Å². The van der Waals surface area contributed by atoms with Crippen LogP contribution in [0.15, 0.2) is 140 Å². The molecule has 5 rings (SSSR count). The first-order chi connectivity index (χ1) is 25.7. The van der Waals surface area contributed by atoms with Crippen LogP contribution in [0.3, 0.4) is 0 Å². The van der Waals surface area contributed by atoms with Crippen molar-refractivity contribution in [1.82, 2.24) is 0 Å². The van der Waals surface area contributed by atoms with Gasteiger partial charge in [0.15, 0.2) is 0 Å². The molecule has 0 amide bonds. The Morgan fingerprint density at radius 2 is 0.887 bits per heavy atom. The SMILES string of the molecule is CCOC(=O)C(CC)(Cc1ccc(O)cc1)Oc1ccccc1.CCOC(=O)C(CC)(Cc1ccc(OCc2ccccc2)cc1)Oc1ccccc1. The standard InChI is InChI=1S/C26H28O4.C19H22O4/c1-3-26(25(27)28-4-2,30-24-13-9-6-10-14-24)19-21-15-17-23(18-16-21)29-20-22-11-7-5-8-12-22;1-3-19(18(21)22-4-2,23-17-8-6-5-7-9-17)14-15-10-12-16(20)13-11-15/h5-18H,3-4,19-20H2,1-2H3;5-13,20H,3-4,14H2,1-2H3. The summed E-state index contributed by atoms with van der Waals surface area (Å²) in [6, 6.07) is 43.3. The van der Waals surface area contributed by atoms with Gasteiger partial charge in [0.2, 0.25) is 11.2 Å². The number of carbonyl (C=O) groups is 2. The fraction of sp³-hybridized carbons (Fsp3) is 0.289. The van der Waals surface area contributed by atoms with Crippen LogP contribution in [0.2, 0.25) is 0 Å². The third kappa shape index (κ3) is 11.9. The fourth-order valence-corrected chi connectivity index (χ4v) is 5.65. The Morgan fingerprint density at radius 3 is 1.28 bits per heavy atom. The lowest BCUT2D eigenvalue weighted by molar-refractivity contribution is -0.162. The van der Waals surface area contributed by atoms with Crippen molar-refractivity contribution in [2.45, 2.75) is 71.2 Å². The average molecular weight is 719 g/mol. The maximum atomic E-state index is 12.9. The van der Waals surface area contributed by atoms with Gasteiger partial charge in [0, 0.05) is 12.8 Å². The summed E-state index contributed by atoms with van der Waals surface area (Å²) in [7, 11) is 0. The van der Waals surface area contributed by atoms with Gasteiger partial charge in [-0.05, 0) is 91.9 Å². The van der Waals surface area contributed by atoms with Crippen molar-refractivity contribution >= 4 is 11.9 Å². The Kier molecular flexibility index (Phi) is 15.3. The summed E-state index contributed by atoms with van der Waals surface area (Å²) in [4.78, 5) is 25.4. The quantitative estimate of drug-likeness (QED) is 0.0950. The summed E-state index contributed by atoms with van der Waals surface area (Å²) < 4.78 is 28.7. The van der Waals surface area contributed by atoms with E-state index in [1.165, 1.54) is 0 Å². The van der Waals surface area contributed by atoms with Crippen LogP contribution in [0.5, 0.6) is 23.0 Å². The lowest BCUT2D eigenvalue weighted by Crippen LogP contribution is -2.47. The maximum Gasteiger partial charge on any atom is 0.350 e. The van der Waals surface area contributed by atoms with Crippen LogP contribution < -0.4 is 14.2 Å². The molecule has 8 nitrogen and oxygen atoms in total. The van der Waals surface area contributed by atoms with Crippen LogP contribution in [0.25, 0.3) is 0 Å². The van der Waals surface area contributed by atoms with Gasteiger partial charge >= 0.3 is 11.9 Å². The van der Waals surface area contributed by atoms with Gasteiger partial charge in [-0.25, -0.2) is 9.59 Å². The Labute approximate surface area is 313 Å². The number of benzene rings is 5. The van der Waals surface area contributed by atoms with E-state index in [-0.39, 0.29) is 17.7 Å². The van der Waals surface area contributed by atoms with Crippen LogP contribution >= 0.6 is 0 Å². The van der Waals surface area contributed by atoms with E-state index in [0.29, 0.717) is 57.0 Å². The summed E-state index contributed by atoms with van der Waals surface area (Å²) in [5.41, 5.74) is 0.824. The second-order valence-corrected chi connectivity index (χ2v) is 12.4. The molecule has 0 saturated heterocycles. The average Bonchev–Trinajstić information content (AvgIpc) is 3.19. The largest absolute Gasteiger partial charge is 0.508 e. The van der Waals surface area contributed by atoms with E-state index in [9.17, 15) is 14.7 Å². The molecule has 1 N–H and O–H groups in total. The molecule has 0 aliphatic rings. The van der Waals surface area contributed by atoms with E-state index in [2.05, 4.69) is 0 Å². The summed E-state index contributed by atoms with van der Waals surface area (Å²) in [6.07, 6.45) is 1.75. The van der Waals surface area contributed by atoms with E-state index < -0.39 is 11.2 Å². The van der Waals surface area contributed by atoms with Crippen molar-refractivity contribution in [3.8, 4) is 23.0 Å². The van der Waals surface area contributed by atoms with Gasteiger partial charge in [0.05, 0.1) is 13.2 Å². The molecule has 53 heavy (non-hydrogen) atoms. The highest BCUT2D eigenvalue weighted by atomic mass is 16.6. The highest BCUT2D eigenvalue weighted by molar-refractivity contribution is 5.81. The first-order valence-electron chi connectivity index (χ1n) is 18.1. The van der Waals surface area contributed by atoms with Crippen LogP contribution in [0.1, 0.15) is 57.2 Å². The van der Waals surface area contributed by atoms with Crippen LogP contribution in [-0.2, 0) is 38.5 Å².